The van der Waals surface area contributed by atoms with Crippen molar-refractivity contribution in [1.29, 1.82) is 0 Å². The highest BCUT2D eigenvalue weighted by Crippen LogP contribution is 2.18. The Morgan fingerprint density at radius 2 is 2.06 bits per heavy atom. The van der Waals surface area contributed by atoms with E-state index in [1.807, 2.05) is 0 Å². The molecule has 1 N–H and O–H groups in total. The predicted molar refractivity (Wildman–Crippen MR) is 65.1 cm³/mol. The van der Waals surface area contributed by atoms with Crippen LogP contribution in [-0.2, 0) is 7.05 Å². The second-order valence-electron chi connectivity index (χ2n) is 3.66. The van der Waals surface area contributed by atoms with Crippen molar-refractivity contribution in [3.63, 3.8) is 0 Å². The number of aromatic nitrogens is 2. The Bertz CT molecular complexity index is 482. The van der Waals surface area contributed by atoms with Crippen molar-refractivity contribution in [2.45, 2.75) is 6.10 Å². The molecule has 1 aromatic heterocycles. The standard InChI is InChI=1S/C12H13ClN2O2/c1-15-11(6-7-14-15)12(16)8-17-10-4-2-9(13)3-5-10/h2-7,12,16H,8H2,1H3. The number of halogens is 1. The van der Waals surface area contributed by atoms with Crippen LogP contribution >= 0.6 is 11.6 Å². The van der Waals surface area contributed by atoms with Crippen molar-refractivity contribution in [3.05, 3.63) is 47.2 Å². The number of aliphatic hydroxyl groups is 1. The monoisotopic (exact) mass is 252 g/mol. The molecule has 2 aromatic rings. The maximum atomic E-state index is 9.89. The summed E-state index contributed by atoms with van der Waals surface area (Å²) in [5.41, 5.74) is 0.721. The van der Waals surface area contributed by atoms with Gasteiger partial charge in [-0.3, -0.25) is 4.68 Å². The van der Waals surface area contributed by atoms with Crippen molar-refractivity contribution in [1.82, 2.24) is 9.78 Å². The molecule has 17 heavy (non-hydrogen) atoms. The molecule has 2 rings (SSSR count). The lowest BCUT2D eigenvalue weighted by Gasteiger charge is -2.12. The molecule has 0 fully saturated rings. The molecule has 90 valence electrons. The van der Waals surface area contributed by atoms with Crippen LogP contribution in [0.5, 0.6) is 5.75 Å². The Morgan fingerprint density at radius 1 is 1.35 bits per heavy atom. The summed E-state index contributed by atoms with van der Waals surface area (Å²) >= 11 is 5.76. The third-order valence-electron chi connectivity index (χ3n) is 2.42. The van der Waals surface area contributed by atoms with E-state index in [0.717, 1.165) is 5.69 Å². The van der Waals surface area contributed by atoms with Gasteiger partial charge in [0.1, 0.15) is 18.5 Å². The van der Waals surface area contributed by atoms with Gasteiger partial charge in [-0.2, -0.15) is 5.10 Å². The lowest BCUT2D eigenvalue weighted by Crippen LogP contribution is -2.13. The summed E-state index contributed by atoms with van der Waals surface area (Å²) in [6.07, 6.45) is 0.944. The topological polar surface area (TPSA) is 47.3 Å². The van der Waals surface area contributed by atoms with E-state index < -0.39 is 6.10 Å². The molecule has 0 amide bonds. The van der Waals surface area contributed by atoms with E-state index in [9.17, 15) is 5.11 Å². The fraction of sp³-hybridized carbons (Fsp3) is 0.250. The van der Waals surface area contributed by atoms with Crippen LogP contribution in [0.3, 0.4) is 0 Å². The SMILES string of the molecule is Cn1nccc1C(O)COc1ccc(Cl)cc1. The van der Waals surface area contributed by atoms with Gasteiger partial charge < -0.3 is 9.84 Å². The molecule has 0 radical (unpaired) electrons. The molecule has 0 aliphatic heterocycles. The Morgan fingerprint density at radius 3 is 2.65 bits per heavy atom. The van der Waals surface area contributed by atoms with Crippen LogP contribution < -0.4 is 4.74 Å². The molecule has 0 saturated heterocycles. The van der Waals surface area contributed by atoms with Crippen molar-refractivity contribution >= 4 is 11.6 Å². The molecule has 1 heterocycles. The van der Waals surface area contributed by atoms with Crippen LogP contribution in [0.1, 0.15) is 11.8 Å². The minimum absolute atomic E-state index is 0.182. The number of rotatable bonds is 4. The van der Waals surface area contributed by atoms with Crippen molar-refractivity contribution in [3.8, 4) is 5.75 Å². The van der Waals surface area contributed by atoms with Gasteiger partial charge in [-0.05, 0) is 30.3 Å². The number of nitrogens with zero attached hydrogens (tertiary/aromatic N) is 2. The quantitative estimate of drug-likeness (QED) is 0.907. The summed E-state index contributed by atoms with van der Waals surface area (Å²) in [6.45, 7) is 0.182. The van der Waals surface area contributed by atoms with Gasteiger partial charge in [0.25, 0.3) is 0 Å². The van der Waals surface area contributed by atoms with E-state index in [4.69, 9.17) is 16.3 Å². The molecular weight excluding hydrogens is 240 g/mol. The third-order valence-corrected chi connectivity index (χ3v) is 2.67. The largest absolute Gasteiger partial charge is 0.490 e. The second-order valence-corrected chi connectivity index (χ2v) is 4.10. The molecule has 1 aromatic carbocycles. The summed E-state index contributed by atoms with van der Waals surface area (Å²) < 4.78 is 7.07. The first-order valence-electron chi connectivity index (χ1n) is 5.21. The molecule has 0 spiro atoms. The smallest absolute Gasteiger partial charge is 0.129 e. The Labute approximate surface area is 104 Å². The van der Waals surface area contributed by atoms with Crippen molar-refractivity contribution in [2.75, 3.05) is 6.61 Å². The molecule has 0 aliphatic rings. The van der Waals surface area contributed by atoms with Gasteiger partial charge in [-0.15, -0.1) is 0 Å². The van der Waals surface area contributed by atoms with E-state index in [1.165, 1.54) is 0 Å². The Kier molecular flexibility index (Phi) is 3.66. The van der Waals surface area contributed by atoms with Gasteiger partial charge in [0.2, 0.25) is 0 Å². The van der Waals surface area contributed by atoms with E-state index >= 15 is 0 Å². The number of aliphatic hydroxyl groups excluding tert-OH is 1. The molecule has 4 nitrogen and oxygen atoms in total. The summed E-state index contributed by atoms with van der Waals surface area (Å²) in [5.74, 6) is 0.676. The number of ether oxygens (including phenoxy) is 1. The van der Waals surface area contributed by atoms with Crippen LogP contribution in [-0.4, -0.2) is 21.5 Å². The zero-order valence-electron chi connectivity index (χ0n) is 9.38. The average Bonchev–Trinajstić information content (AvgIpc) is 2.74. The van der Waals surface area contributed by atoms with E-state index in [2.05, 4.69) is 5.10 Å². The van der Waals surface area contributed by atoms with Crippen molar-refractivity contribution < 1.29 is 9.84 Å². The minimum Gasteiger partial charge on any atom is -0.490 e. The minimum atomic E-state index is -0.696. The van der Waals surface area contributed by atoms with Gasteiger partial charge in [0.05, 0.1) is 5.69 Å². The predicted octanol–water partition coefficient (Wildman–Crippen LogP) is 2.19. The normalized spacial score (nSPS) is 12.4. The molecule has 0 saturated carbocycles. The van der Waals surface area contributed by atoms with Crippen LogP contribution in [0.4, 0.5) is 0 Å². The fourth-order valence-corrected chi connectivity index (χ4v) is 1.63. The molecule has 0 aliphatic carbocycles. The van der Waals surface area contributed by atoms with Gasteiger partial charge in [0.15, 0.2) is 0 Å². The zero-order valence-corrected chi connectivity index (χ0v) is 10.1. The highest BCUT2D eigenvalue weighted by Gasteiger charge is 2.11. The highest BCUT2D eigenvalue weighted by atomic mass is 35.5. The van der Waals surface area contributed by atoms with Gasteiger partial charge in [0, 0.05) is 18.3 Å². The molecule has 1 atom stereocenters. The maximum absolute atomic E-state index is 9.89. The van der Waals surface area contributed by atoms with E-state index in [-0.39, 0.29) is 6.61 Å². The van der Waals surface area contributed by atoms with Gasteiger partial charge >= 0.3 is 0 Å². The summed E-state index contributed by atoms with van der Waals surface area (Å²) in [6, 6.07) is 8.77. The zero-order chi connectivity index (χ0) is 12.3. The van der Waals surface area contributed by atoms with Crippen LogP contribution in [0.15, 0.2) is 36.5 Å². The van der Waals surface area contributed by atoms with Crippen molar-refractivity contribution in [2.24, 2.45) is 7.05 Å². The number of benzene rings is 1. The first kappa shape index (κ1) is 12.0. The fourth-order valence-electron chi connectivity index (χ4n) is 1.50. The Hall–Kier alpha value is -1.52. The average molecular weight is 253 g/mol. The third kappa shape index (κ3) is 2.99. The second kappa shape index (κ2) is 5.21. The molecule has 5 heteroatoms. The number of aryl methyl sites for hydroxylation is 1. The van der Waals surface area contributed by atoms with Crippen LogP contribution in [0.25, 0.3) is 0 Å². The number of hydrogen-bond acceptors (Lipinski definition) is 3. The maximum Gasteiger partial charge on any atom is 0.129 e. The Balaban J connectivity index is 1.94. The molecule has 1 unspecified atom stereocenters. The first-order chi connectivity index (χ1) is 8.16. The van der Waals surface area contributed by atoms with Gasteiger partial charge in [-0.25, -0.2) is 0 Å². The summed E-state index contributed by atoms with van der Waals surface area (Å²) in [5, 5.41) is 14.5. The lowest BCUT2D eigenvalue weighted by atomic mass is 10.2. The van der Waals surface area contributed by atoms with E-state index in [0.29, 0.717) is 10.8 Å². The summed E-state index contributed by atoms with van der Waals surface area (Å²) in [7, 11) is 1.78. The first-order valence-corrected chi connectivity index (χ1v) is 5.59. The highest BCUT2D eigenvalue weighted by molar-refractivity contribution is 6.30. The molecule has 0 bridgehead atoms. The van der Waals surface area contributed by atoms with Gasteiger partial charge in [-0.1, -0.05) is 11.6 Å². The van der Waals surface area contributed by atoms with Crippen LogP contribution in [0.2, 0.25) is 5.02 Å². The summed E-state index contributed by atoms with van der Waals surface area (Å²) in [4.78, 5) is 0. The number of hydrogen-bond donors (Lipinski definition) is 1. The lowest BCUT2D eigenvalue weighted by molar-refractivity contribution is 0.101. The van der Waals surface area contributed by atoms with Crippen LogP contribution in [0, 0.1) is 0 Å². The van der Waals surface area contributed by atoms with E-state index in [1.54, 1.807) is 48.3 Å². The molecular formula is C12H13ClN2O2.